The van der Waals surface area contributed by atoms with Gasteiger partial charge in [0.05, 0.1) is 18.4 Å². The van der Waals surface area contributed by atoms with Crippen LogP contribution in [0.3, 0.4) is 0 Å². The normalized spacial score (nSPS) is 29.7. The fourth-order valence-corrected chi connectivity index (χ4v) is 6.60. The maximum absolute atomic E-state index is 13.5. The molecule has 2 unspecified atom stereocenters. The minimum absolute atomic E-state index is 0.111. The lowest BCUT2D eigenvalue weighted by Crippen LogP contribution is -2.61. The summed E-state index contributed by atoms with van der Waals surface area (Å²) in [5.74, 6) is 3.13. The number of ether oxygens (including phenoxy) is 1. The molecular formula is C26H39N5O4. The van der Waals surface area contributed by atoms with Crippen LogP contribution in [-0.2, 0) is 12.0 Å². The first-order valence-corrected chi connectivity index (χ1v) is 13.1. The largest absolute Gasteiger partial charge is 0.477 e. The van der Waals surface area contributed by atoms with E-state index in [4.69, 9.17) is 9.15 Å². The first-order chi connectivity index (χ1) is 16.5. The molecule has 0 radical (unpaired) electrons. The molecule has 0 saturated heterocycles. The number of aromatic nitrogens is 4. The van der Waals surface area contributed by atoms with Crippen LogP contribution in [0.15, 0.2) is 10.6 Å². The lowest BCUT2D eigenvalue weighted by atomic mass is 9.52. The van der Waals surface area contributed by atoms with Crippen LogP contribution in [0.25, 0.3) is 0 Å². The third-order valence-corrected chi connectivity index (χ3v) is 8.18. The highest BCUT2D eigenvalue weighted by Gasteiger charge is 2.55. The summed E-state index contributed by atoms with van der Waals surface area (Å²) in [5, 5.41) is 26.9. The molecule has 0 spiro atoms. The fraction of sp³-hybridized carbons (Fsp3) is 0.769. The summed E-state index contributed by atoms with van der Waals surface area (Å²) in [6.45, 7) is 11.1. The van der Waals surface area contributed by atoms with E-state index in [1.165, 1.54) is 0 Å². The molecule has 4 fully saturated rings. The Labute approximate surface area is 207 Å². The van der Waals surface area contributed by atoms with Gasteiger partial charge in [-0.15, -0.1) is 10.2 Å². The van der Waals surface area contributed by atoms with Crippen molar-refractivity contribution in [2.24, 2.45) is 23.7 Å². The van der Waals surface area contributed by atoms with Crippen molar-refractivity contribution in [2.45, 2.75) is 96.7 Å². The third-order valence-electron chi connectivity index (χ3n) is 8.18. The van der Waals surface area contributed by atoms with Gasteiger partial charge >= 0.3 is 0 Å². The van der Waals surface area contributed by atoms with Crippen LogP contribution < -0.4 is 10.1 Å². The number of carbonyl (C=O) groups is 1. The summed E-state index contributed by atoms with van der Waals surface area (Å²) in [6, 6.07) is 0.111. The molecule has 4 aliphatic rings. The predicted octanol–water partition coefficient (Wildman–Crippen LogP) is 3.65. The number of hydrogen-bond donors (Lipinski definition) is 2. The van der Waals surface area contributed by atoms with Crippen LogP contribution in [0, 0.1) is 30.6 Å². The molecule has 2 N–H and O–H groups in total. The van der Waals surface area contributed by atoms with E-state index < -0.39 is 5.60 Å². The van der Waals surface area contributed by atoms with Gasteiger partial charge in [0.15, 0.2) is 0 Å². The molecule has 6 rings (SSSR count). The van der Waals surface area contributed by atoms with Gasteiger partial charge in [0.2, 0.25) is 17.7 Å². The minimum atomic E-state index is -0.516. The molecule has 9 heteroatoms. The maximum Gasteiger partial charge on any atom is 0.258 e. The highest BCUT2D eigenvalue weighted by atomic mass is 16.5. The molecule has 0 aliphatic heterocycles. The zero-order valence-electron chi connectivity index (χ0n) is 21.6. The van der Waals surface area contributed by atoms with Crippen LogP contribution in [0.5, 0.6) is 5.88 Å². The number of nitrogens with one attached hydrogen (secondary N) is 1. The summed E-state index contributed by atoms with van der Waals surface area (Å²) in [4.78, 5) is 13.5. The summed E-state index contributed by atoms with van der Waals surface area (Å²) in [7, 11) is 0. The predicted molar refractivity (Wildman–Crippen MR) is 129 cm³/mol. The third kappa shape index (κ3) is 4.84. The molecule has 1 amide bonds. The second-order valence-corrected chi connectivity index (χ2v) is 12.2. The fourth-order valence-electron chi connectivity index (χ4n) is 6.60. The van der Waals surface area contributed by atoms with Gasteiger partial charge in [0.1, 0.15) is 5.56 Å². The molecular weight excluding hydrogens is 446 g/mol. The van der Waals surface area contributed by atoms with Crippen LogP contribution in [0.2, 0.25) is 0 Å². The molecule has 0 aromatic carbocycles. The Hall–Kier alpha value is -2.42. The Morgan fingerprint density at radius 3 is 2.60 bits per heavy atom. The average Bonchev–Trinajstić information content (AvgIpc) is 3.38. The van der Waals surface area contributed by atoms with Crippen molar-refractivity contribution in [3.63, 3.8) is 0 Å². The standard InChI is InChI=1S/C26H39N5O4/c1-15(2)14-34-23-20(13-27-31(23)7-6-25(4,5)24-30-29-16(3)35-24)22(32)28-21-18-8-17-9-19(21)12-26(33,10-17)11-18/h13,15,17-19,21,33H,6-12,14H2,1-5H3,(H,28,32). The molecule has 9 nitrogen and oxygen atoms in total. The quantitative estimate of drug-likeness (QED) is 0.557. The molecule has 2 atom stereocenters. The van der Waals surface area contributed by atoms with Crippen molar-refractivity contribution in [1.82, 2.24) is 25.3 Å². The Bertz CT molecular complexity index is 1060. The van der Waals surface area contributed by atoms with Gasteiger partial charge in [-0.1, -0.05) is 27.7 Å². The molecule has 2 heterocycles. The number of nitrogens with zero attached hydrogens (tertiary/aromatic N) is 4. The summed E-state index contributed by atoms with van der Waals surface area (Å²) < 4.78 is 13.6. The van der Waals surface area contributed by atoms with Gasteiger partial charge < -0.3 is 19.6 Å². The van der Waals surface area contributed by atoms with Gasteiger partial charge in [-0.3, -0.25) is 4.79 Å². The Kier molecular flexibility index (Phi) is 6.18. The lowest BCUT2D eigenvalue weighted by Gasteiger charge is -2.58. The number of aryl methyl sites for hydroxylation is 2. The van der Waals surface area contributed by atoms with Gasteiger partial charge in [0.25, 0.3) is 5.91 Å². The van der Waals surface area contributed by atoms with E-state index >= 15 is 0 Å². The number of amides is 1. The van der Waals surface area contributed by atoms with E-state index in [0.717, 1.165) is 32.1 Å². The summed E-state index contributed by atoms with van der Waals surface area (Å²) in [5.41, 5.74) is -0.381. The molecule has 2 aromatic rings. The zero-order chi connectivity index (χ0) is 25.0. The Morgan fingerprint density at radius 1 is 1.29 bits per heavy atom. The lowest BCUT2D eigenvalue weighted by molar-refractivity contribution is -0.136. The maximum atomic E-state index is 13.5. The van der Waals surface area contributed by atoms with Gasteiger partial charge in [-0.05, 0) is 62.2 Å². The topological polar surface area (TPSA) is 115 Å². The van der Waals surface area contributed by atoms with E-state index in [2.05, 4.69) is 48.3 Å². The van der Waals surface area contributed by atoms with Crippen molar-refractivity contribution >= 4 is 5.91 Å². The smallest absolute Gasteiger partial charge is 0.258 e. The van der Waals surface area contributed by atoms with Gasteiger partial charge in [-0.2, -0.15) is 5.10 Å². The van der Waals surface area contributed by atoms with Crippen LogP contribution in [-0.4, -0.2) is 49.2 Å². The molecule has 192 valence electrons. The van der Waals surface area contributed by atoms with Crippen molar-refractivity contribution in [3.05, 3.63) is 23.5 Å². The van der Waals surface area contributed by atoms with Crippen molar-refractivity contribution in [2.75, 3.05) is 6.61 Å². The SMILES string of the molecule is Cc1nnc(C(C)(C)CCn2ncc(C(=O)NC3C4CC5CC3CC(O)(C5)C4)c2OCC(C)C)o1. The second-order valence-electron chi connectivity index (χ2n) is 12.2. The van der Waals surface area contributed by atoms with E-state index in [1.54, 1.807) is 17.8 Å². The second kappa shape index (κ2) is 8.91. The molecule has 4 aliphatic carbocycles. The van der Waals surface area contributed by atoms with E-state index in [1.807, 2.05) is 0 Å². The van der Waals surface area contributed by atoms with E-state index in [9.17, 15) is 9.90 Å². The number of aliphatic hydroxyl groups is 1. The van der Waals surface area contributed by atoms with Gasteiger partial charge in [0, 0.05) is 24.9 Å². The van der Waals surface area contributed by atoms with Crippen LogP contribution in [0.4, 0.5) is 0 Å². The van der Waals surface area contributed by atoms with E-state index in [-0.39, 0.29) is 17.4 Å². The Morgan fingerprint density at radius 2 is 2.00 bits per heavy atom. The average molecular weight is 486 g/mol. The first-order valence-electron chi connectivity index (χ1n) is 13.1. The summed E-state index contributed by atoms with van der Waals surface area (Å²) in [6.07, 6.45) is 7.05. The number of rotatable bonds is 9. The molecule has 4 bridgehead atoms. The molecule has 35 heavy (non-hydrogen) atoms. The highest BCUT2D eigenvalue weighted by molar-refractivity contribution is 5.96. The molecule has 2 aromatic heterocycles. The highest BCUT2D eigenvalue weighted by Crippen LogP contribution is 2.55. The van der Waals surface area contributed by atoms with Crippen molar-refractivity contribution in [3.8, 4) is 5.88 Å². The van der Waals surface area contributed by atoms with Crippen LogP contribution >= 0.6 is 0 Å². The van der Waals surface area contributed by atoms with Gasteiger partial charge in [-0.25, -0.2) is 4.68 Å². The minimum Gasteiger partial charge on any atom is -0.477 e. The van der Waals surface area contributed by atoms with E-state index in [0.29, 0.717) is 66.5 Å². The number of carbonyl (C=O) groups excluding carboxylic acids is 1. The van der Waals surface area contributed by atoms with Crippen molar-refractivity contribution in [1.29, 1.82) is 0 Å². The first kappa shape index (κ1) is 24.3. The monoisotopic (exact) mass is 485 g/mol. The summed E-state index contributed by atoms with van der Waals surface area (Å²) >= 11 is 0. The van der Waals surface area contributed by atoms with Crippen LogP contribution in [0.1, 0.15) is 88.4 Å². The molecule has 4 saturated carbocycles. The van der Waals surface area contributed by atoms with Crippen molar-refractivity contribution < 1.29 is 19.1 Å². The Balaban J connectivity index is 1.31. The zero-order valence-corrected chi connectivity index (χ0v) is 21.6. The number of hydrogen-bond acceptors (Lipinski definition) is 7.